The Morgan fingerprint density at radius 1 is 1.41 bits per heavy atom. The fraction of sp³-hybridized carbons (Fsp3) is 0.636. The number of aromatic nitrogens is 2. The number of aliphatic hydroxyl groups is 2. The van der Waals surface area contributed by atoms with Gasteiger partial charge >= 0.3 is 0 Å². The summed E-state index contributed by atoms with van der Waals surface area (Å²) in [5, 5.41) is 22.0. The standard InChI is InChI=1S/C11H19N3O3/c1-3-9-8-10(13(2)12-9)11(17)14(4-6-15)5-7-16/h8,15-16H,3-7H2,1-2H3. The SMILES string of the molecule is CCc1cc(C(=O)N(CCO)CCO)n(C)n1. The number of aliphatic hydroxyl groups excluding tert-OH is 2. The van der Waals surface area contributed by atoms with Crippen molar-refractivity contribution in [2.75, 3.05) is 26.3 Å². The Morgan fingerprint density at radius 2 is 2.00 bits per heavy atom. The maximum absolute atomic E-state index is 12.1. The highest BCUT2D eigenvalue weighted by Gasteiger charge is 2.19. The van der Waals surface area contributed by atoms with E-state index in [1.54, 1.807) is 13.1 Å². The van der Waals surface area contributed by atoms with E-state index in [2.05, 4.69) is 5.10 Å². The Morgan fingerprint density at radius 3 is 2.41 bits per heavy atom. The van der Waals surface area contributed by atoms with Crippen molar-refractivity contribution in [2.24, 2.45) is 7.05 Å². The van der Waals surface area contributed by atoms with Gasteiger partial charge in [-0.2, -0.15) is 5.10 Å². The van der Waals surface area contributed by atoms with Crippen LogP contribution in [0.4, 0.5) is 0 Å². The second kappa shape index (κ2) is 6.36. The zero-order valence-electron chi connectivity index (χ0n) is 10.3. The summed E-state index contributed by atoms with van der Waals surface area (Å²) in [6, 6.07) is 1.74. The number of nitrogens with zero attached hydrogens (tertiary/aromatic N) is 3. The first-order chi connectivity index (χ1) is 8.13. The monoisotopic (exact) mass is 241 g/mol. The van der Waals surface area contributed by atoms with Gasteiger partial charge in [0.15, 0.2) is 0 Å². The predicted octanol–water partition coefficient (Wildman–Crippen LogP) is -0.591. The third-order valence-corrected chi connectivity index (χ3v) is 2.54. The first-order valence-electron chi connectivity index (χ1n) is 5.68. The Bertz CT molecular complexity index is 370. The summed E-state index contributed by atoms with van der Waals surface area (Å²) in [5.41, 5.74) is 1.33. The van der Waals surface area contributed by atoms with Gasteiger partial charge in [-0.1, -0.05) is 6.92 Å². The van der Waals surface area contributed by atoms with Crippen LogP contribution in [0.3, 0.4) is 0 Å². The van der Waals surface area contributed by atoms with E-state index in [1.807, 2.05) is 6.92 Å². The lowest BCUT2D eigenvalue weighted by Gasteiger charge is -2.20. The average molecular weight is 241 g/mol. The maximum Gasteiger partial charge on any atom is 0.272 e. The first-order valence-corrected chi connectivity index (χ1v) is 5.68. The molecule has 17 heavy (non-hydrogen) atoms. The number of hydrogen-bond acceptors (Lipinski definition) is 4. The molecule has 0 atom stereocenters. The molecule has 0 radical (unpaired) electrons. The highest BCUT2D eigenvalue weighted by molar-refractivity contribution is 5.92. The molecule has 0 saturated carbocycles. The van der Waals surface area contributed by atoms with Crippen LogP contribution in [0.15, 0.2) is 6.07 Å². The van der Waals surface area contributed by atoms with Crippen LogP contribution in [0.25, 0.3) is 0 Å². The Hall–Kier alpha value is -1.40. The molecule has 0 unspecified atom stereocenters. The largest absolute Gasteiger partial charge is 0.395 e. The molecule has 1 amide bonds. The third-order valence-electron chi connectivity index (χ3n) is 2.54. The molecule has 0 aliphatic carbocycles. The van der Waals surface area contributed by atoms with Crippen molar-refractivity contribution in [2.45, 2.75) is 13.3 Å². The van der Waals surface area contributed by atoms with E-state index < -0.39 is 0 Å². The van der Waals surface area contributed by atoms with Crippen molar-refractivity contribution in [3.05, 3.63) is 17.5 Å². The van der Waals surface area contributed by atoms with E-state index in [0.29, 0.717) is 5.69 Å². The van der Waals surface area contributed by atoms with E-state index in [0.717, 1.165) is 12.1 Å². The van der Waals surface area contributed by atoms with Gasteiger partial charge in [0, 0.05) is 20.1 Å². The van der Waals surface area contributed by atoms with E-state index in [1.165, 1.54) is 9.58 Å². The highest BCUT2D eigenvalue weighted by atomic mass is 16.3. The van der Waals surface area contributed by atoms with Crippen LogP contribution in [-0.4, -0.2) is 57.1 Å². The topological polar surface area (TPSA) is 78.6 Å². The molecule has 6 nitrogen and oxygen atoms in total. The molecular formula is C11H19N3O3. The molecule has 1 rings (SSSR count). The molecule has 0 aliphatic heterocycles. The van der Waals surface area contributed by atoms with Gasteiger partial charge in [0.1, 0.15) is 5.69 Å². The summed E-state index contributed by atoms with van der Waals surface area (Å²) < 4.78 is 1.53. The Labute approximate surface area is 100 Å². The van der Waals surface area contributed by atoms with Gasteiger partial charge in [-0.25, -0.2) is 0 Å². The fourth-order valence-electron chi connectivity index (χ4n) is 1.62. The van der Waals surface area contributed by atoms with Gasteiger partial charge in [-0.05, 0) is 12.5 Å². The summed E-state index contributed by atoms with van der Waals surface area (Å²) in [6.07, 6.45) is 0.765. The molecule has 0 spiro atoms. The Balaban J connectivity index is 2.87. The molecule has 1 aromatic heterocycles. The summed E-state index contributed by atoms with van der Waals surface area (Å²) in [7, 11) is 1.71. The molecule has 2 N–H and O–H groups in total. The second-order valence-corrected chi connectivity index (χ2v) is 3.74. The van der Waals surface area contributed by atoms with Gasteiger partial charge < -0.3 is 15.1 Å². The van der Waals surface area contributed by atoms with Gasteiger partial charge in [0.05, 0.1) is 18.9 Å². The van der Waals surface area contributed by atoms with Crippen LogP contribution < -0.4 is 0 Å². The van der Waals surface area contributed by atoms with Gasteiger partial charge in [-0.3, -0.25) is 9.48 Å². The first kappa shape index (κ1) is 13.7. The lowest BCUT2D eigenvalue weighted by molar-refractivity contribution is 0.0674. The third kappa shape index (κ3) is 3.28. The molecule has 0 bridgehead atoms. The van der Waals surface area contributed by atoms with Crippen LogP contribution in [0.5, 0.6) is 0 Å². The van der Waals surface area contributed by atoms with E-state index in [-0.39, 0.29) is 32.2 Å². The van der Waals surface area contributed by atoms with E-state index >= 15 is 0 Å². The van der Waals surface area contributed by atoms with Crippen LogP contribution in [-0.2, 0) is 13.5 Å². The van der Waals surface area contributed by atoms with Crippen molar-refractivity contribution in [1.29, 1.82) is 0 Å². The number of amides is 1. The molecular weight excluding hydrogens is 222 g/mol. The predicted molar refractivity (Wildman–Crippen MR) is 62.7 cm³/mol. The molecule has 0 aliphatic rings. The molecule has 6 heteroatoms. The van der Waals surface area contributed by atoms with E-state index in [4.69, 9.17) is 10.2 Å². The number of aryl methyl sites for hydroxylation is 2. The molecule has 1 aromatic rings. The molecule has 1 heterocycles. The minimum Gasteiger partial charge on any atom is -0.395 e. The van der Waals surface area contributed by atoms with Crippen LogP contribution in [0.2, 0.25) is 0 Å². The minimum absolute atomic E-state index is 0.121. The number of carbonyl (C=O) groups excluding carboxylic acids is 1. The van der Waals surface area contributed by atoms with E-state index in [9.17, 15) is 4.79 Å². The number of carbonyl (C=O) groups is 1. The maximum atomic E-state index is 12.1. The second-order valence-electron chi connectivity index (χ2n) is 3.74. The van der Waals surface area contributed by atoms with Gasteiger partial charge in [-0.15, -0.1) is 0 Å². The minimum atomic E-state index is -0.220. The average Bonchev–Trinajstić information content (AvgIpc) is 2.69. The zero-order valence-corrected chi connectivity index (χ0v) is 10.3. The van der Waals surface area contributed by atoms with Crippen molar-refractivity contribution < 1.29 is 15.0 Å². The molecule has 96 valence electrons. The summed E-state index contributed by atoms with van der Waals surface area (Å²) in [5.74, 6) is -0.220. The van der Waals surface area contributed by atoms with Crippen molar-refractivity contribution in [1.82, 2.24) is 14.7 Å². The van der Waals surface area contributed by atoms with Crippen molar-refractivity contribution >= 4 is 5.91 Å². The van der Waals surface area contributed by atoms with Crippen molar-refractivity contribution in [3.63, 3.8) is 0 Å². The van der Waals surface area contributed by atoms with Crippen LogP contribution in [0.1, 0.15) is 23.1 Å². The number of hydrogen-bond donors (Lipinski definition) is 2. The quantitative estimate of drug-likeness (QED) is 0.697. The lowest BCUT2D eigenvalue weighted by Crippen LogP contribution is -2.36. The summed E-state index contributed by atoms with van der Waals surface area (Å²) >= 11 is 0. The molecule has 0 fully saturated rings. The van der Waals surface area contributed by atoms with Crippen LogP contribution in [0, 0.1) is 0 Å². The highest BCUT2D eigenvalue weighted by Crippen LogP contribution is 2.07. The molecule has 0 aromatic carbocycles. The van der Waals surface area contributed by atoms with Gasteiger partial charge in [0.25, 0.3) is 5.91 Å². The normalized spacial score (nSPS) is 10.6. The Kier molecular flexibility index (Phi) is 5.11. The number of rotatable bonds is 6. The smallest absolute Gasteiger partial charge is 0.272 e. The van der Waals surface area contributed by atoms with Crippen LogP contribution >= 0.6 is 0 Å². The van der Waals surface area contributed by atoms with Crippen molar-refractivity contribution in [3.8, 4) is 0 Å². The zero-order chi connectivity index (χ0) is 12.8. The van der Waals surface area contributed by atoms with Gasteiger partial charge in [0.2, 0.25) is 0 Å². The lowest BCUT2D eigenvalue weighted by atomic mass is 10.3. The summed E-state index contributed by atoms with van der Waals surface area (Å²) in [6.45, 7) is 2.16. The fourth-order valence-corrected chi connectivity index (χ4v) is 1.62. The molecule has 0 saturated heterocycles. The summed E-state index contributed by atoms with van der Waals surface area (Å²) in [4.78, 5) is 13.5.